The Kier molecular flexibility index (Phi) is 4.91. The van der Waals surface area contributed by atoms with E-state index in [1.165, 1.54) is 31.2 Å². The summed E-state index contributed by atoms with van der Waals surface area (Å²) in [4.78, 5) is 0. The van der Waals surface area contributed by atoms with Gasteiger partial charge in [-0.2, -0.15) is 0 Å². The first kappa shape index (κ1) is 15.0. The summed E-state index contributed by atoms with van der Waals surface area (Å²) in [5.41, 5.74) is 1.23. The van der Waals surface area contributed by atoms with Crippen LogP contribution in [0.5, 0.6) is 11.5 Å². The average Bonchev–Trinajstić information content (AvgIpc) is 3.12. The maximum atomic E-state index is 6.38. The van der Waals surface area contributed by atoms with Crippen LogP contribution in [0.2, 0.25) is 5.02 Å². The molecule has 0 radical (unpaired) electrons. The summed E-state index contributed by atoms with van der Waals surface area (Å²) in [6.45, 7) is 1.12. The van der Waals surface area contributed by atoms with Crippen molar-refractivity contribution in [2.24, 2.45) is 0 Å². The van der Waals surface area contributed by atoms with Gasteiger partial charge < -0.3 is 14.8 Å². The molecule has 2 aliphatic rings. The molecule has 1 aliphatic carbocycles. The molecule has 1 aromatic carbocycles. The number of rotatable bonds is 5. The number of methoxy groups -OCH3 is 1. The summed E-state index contributed by atoms with van der Waals surface area (Å²) in [5, 5.41) is 4.18. The van der Waals surface area contributed by atoms with Crippen LogP contribution in [0, 0.1) is 0 Å². The predicted octanol–water partition coefficient (Wildman–Crippen LogP) is 3.96. The molecule has 1 saturated carbocycles. The van der Waals surface area contributed by atoms with Crippen LogP contribution in [0.3, 0.4) is 0 Å². The summed E-state index contributed by atoms with van der Waals surface area (Å²) in [7, 11) is 1.65. The molecule has 4 heteroatoms. The molecule has 0 bridgehead atoms. The van der Waals surface area contributed by atoms with Crippen molar-refractivity contribution in [1.82, 2.24) is 5.32 Å². The Morgan fingerprint density at radius 1 is 1.19 bits per heavy atom. The summed E-state index contributed by atoms with van der Waals surface area (Å²) < 4.78 is 11.6. The fourth-order valence-corrected chi connectivity index (χ4v) is 3.74. The van der Waals surface area contributed by atoms with Crippen LogP contribution in [0.1, 0.15) is 44.1 Å². The van der Waals surface area contributed by atoms with Gasteiger partial charge in [-0.3, -0.25) is 0 Å². The maximum absolute atomic E-state index is 6.38. The normalized spacial score (nSPS) is 22.7. The molecular formula is C17H24ClNO2. The molecule has 1 aliphatic heterocycles. The number of benzene rings is 1. The highest BCUT2D eigenvalue weighted by Gasteiger charge is 2.21. The van der Waals surface area contributed by atoms with Gasteiger partial charge in [0, 0.05) is 6.04 Å². The lowest BCUT2D eigenvalue weighted by atomic mass is 10.0. The minimum absolute atomic E-state index is 0.315. The van der Waals surface area contributed by atoms with E-state index in [0.717, 1.165) is 31.6 Å². The van der Waals surface area contributed by atoms with Crippen molar-refractivity contribution in [3.05, 3.63) is 22.7 Å². The molecule has 1 atom stereocenters. The van der Waals surface area contributed by atoms with E-state index >= 15 is 0 Å². The summed E-state index contributed by atoms with van der Waals surface area (Å²) in [6, 6.07) is 4.69. The Morgan fingerprint density at radius 2 is 2.00 bits per heavy atom. The van der Waals surface area contributed by atoms with Crippen LogP contribution in [-0.2, 0) is 6.42 Å². The van der Waals surface area contributed by atoms with Crippen molar-refractivity contribution in [2.45, 2.75) is 57.1 Å². The van der Waals surface area contributed by atoms with Gasteiger partial charge in [-0.1, -0.05) is 11.6 Å². The van der Waals surface area contributed by atoms with E-state index in [1.807, 2.05) is 6.07 Å². The van der Waals surface area contributed by atoms with E-state index in [1.54, 1.807) is 7.11 Å². The standard InChI is InChI=1S/C17H24ClNO2/c1-20-17-15(18)10-12(9-13-5-4-8-19-13)11-16(17)21-14-6-2-3-7-14/h10-11,13-14,19H,2-9H2,1H3. The number of nitrogens with one attached hydrogen (secondary N) is 1. The van der Waals surface area contributed by atoms with E-state index in [0.29, 0.717) is 22.9 Å². The third kappa shape index (κ3) is 3.64. The Labute approximate surface area is 132 Å². The van der Waals surface area contributed by atoms with Crippen LogP contribution in [0.25, 0.3) is 0 Å². The summed E-state index contributed by atoms with van der Waals surface area (Å²) in [6.07, 6.45) is 8.60. The van der Waals surface area contributed by atoms with Crippen LogP contribution >= 0.6 is 11.6 Å². The monoisotopic (exact) mass is 309 g/mol. The van der Waals surface area contributed by atoms with Crippen molar-refractivity contribution in [1.29, 1.82) is 0 Å². The Balaban J connectivity index is 1.78. The van der Waals surface area contributed by atoms with E-state index in [9.17, 15) is 0 Å². The van der Waals surface area contributed by atoms with E-state index in [2.05, 4.69) is 11.4 Å². The highest BCUT2D eigenvalue weighted by molar-refractivity contribution is 6.32. The minimum Gasteiger partial charge on any atom is -0.491 e. The van der Waals surface area contributed by atoms with Crippen molar-refractivity contribution in [3.8, 4) is 11.5 Å². The largest absolute Gasteiger partial charge is 0.491 e. The molecule has 21 heavy (non-hydrogen) atoms. The van der Waals surface area contributed by atoms with Crippen LogP contribution < -0.4 is 14.8 Å². The van der Waals surface area contributed by atoms with Crippen molar-refractivity contribution < 1.29 is 9.47 Å². The zero-order valence-corrected chi connectivity index (χ0v) is 13.4. The van der Waals surface area contributed by atoms with Crippen LogP contribution in [0.4, 0.5) is 0 Å². The lowest BCUT2D eigenvalue weighted by Gasteiger charge is -2.19. The van der Waals surface area contributed by atoms with Crippen molar-refractivity contribution in [2.75, 3.05) is 13.7 Å². The second-order valence-corrected chi connectivity index (χ2v) is 6.54. The second-order valence-electron chi connectivity index (χ2n) is 6.13. The van der Waals surface area contributed by atoms with Gasteiger partial charge in [0.1, 0.15) is 0 Å². The smallest absolute Gasteiger partial charge is 0.179 e. The lowest BCUT2D eigenvalue weighted by Crippen LogP contribution is -2.23. The third-order valence-corrected chi connectivity index (χ3v) is 4.79. The highest BCUT2D eigenvalue weighted by Crippen LogP contribution is 2.38. The van der Waals surface area contributed by atoms with Gasteiger partial charge in [0.05, 0.1) is 18.2 Å². The maximum Gasteiger partial charge on any atom is 0.179 e. The quantitative estimate of drug-likeness (QED) is 0.893. The molecule has 3 nitrogen and oxygen atoms in total. The van der Waals surface area contributed by atoms with Gasteiger partial charge in [-0.15, -0.1) is 0 Å². The topological polar surface area (TPSA) is 30.5 Å². The highest BCUT2D eigenvalue weighted by atomic mass is 35.5. The molecule has 1 unspecified atom stereocenters. The summed E-state index contributed by atoms with van der Waals surface area (Å²) >= 11 is 6.38. The average molecular weight is 310 g/mol. The van der Waals surface area contributed by atoms with Gasteiger partial charge >= 0.3 is 0 Å². The molecule has 1 saturated heterocycles. The molecule has 0 amide bonds. The van der Waals surface area contributed by atoms with Crippen LogP contribution in [0.15, 0.2) is 12.1 Å². The molecule has 0 spiro atoms. The lowest BCUT2D eigenvalue weighted by molar-refractivity contribution is 0.200. The van der Waals surface area contributed by atoms with E-state index < -0.39 is 0 Å². The van der Waals surface area contributed by atoms with E-state index in [4.69, 9.17) is 21.1 Å². The zero-order valence-electron chi connectivity index (χ0n) is 12.7. The SMILES string of the molecule is COc1c(Cl)cc(CC2CCCN2)cc1OC1CCCC1. The van der Waals surface area contributed by atoms with Gasteiger partial charge in [-0.05, 0) is 69.2 Å². The van der Waals surface area contributed by atoms with Crippen molar-refractivity contribution >= 4 is 11.6 Å². The number of hydrogen-bond acceptors (Lipinski definition) is 3. The molecule has 1 N–H and O–H groups in total. The second kappa shape index (κ2) is 6.89. The van der Waals surface area contributed by atoms with Crippen molar-refractivity contribution in [3.63, 3.8) is 0 Å². The van der Waals surface area contributed by atoms with Gasteiger partial charge in [0.25, 0.3) is 0 Å². The van der Waals surface area contributed by atoms with Gasteiger partial charge in [-0.25, -0.2) is 0 Å². The first-order chi connectivity index (χ1) is 10.3. The Bertz CT molecular complexity index is 480. The van der Waals surface area contributed by atoms with Gasteiger partial charge in [0.2, 0.25) is 0 Å². The first-order valence-electron chi connectivity index (χ1n) is 8.02. The molecule has 1 heterocycles. The molecular weight excluding hydrogens is 286 g/mol. The molecule has 116 valence electrons. The molecule has 1 aromatic rings. The van der Waals surface area contributed by atoms with E-state index in [-0.39, 0.29) is 0 Å². The van der Waals surface area contributed by atoms with Crippen LogP contribution in [-0.4, -0.2) is 25.8 Å². The first-order valence-corrected chi connectivity index (χ1v) is 8.40. The number of halogens is 1. The number of ether oxygens (including phenoxy) is 2. The summed E-state index contributed by atoms with van der Waals surface area (Å²) in [5.74, 6) is 1.48. The van der Waals surface area contributed by atoms with Gasteiger partial charge in [0.15, 0.2) is 11.5 Å². The molecule has 2 fully saturated rings. The fourth-order valence-electron chi connectivity index (χ4n) is 3.43. The Hall–Kier alpha value is -0.930. The minimum atomic E-state index is 0.315. The number of hydrogen-bond donors (Lipinski definition) is 1. The Morgan fingerprint density at radius 3 is 2.67 bits per heavy atom. The fraction of sp³-hybridized carbons (Fsp3) is 0.647. The third-order valence-electron chi connectivity index (χ3n) is 4.51. The molecule has 0 aromatic heterocycles. The predicted molar refractivity (Wildman–Crippen MR) is 85.6 cm³/mol. The zero-order chi connectivity index (χ0) is 14.7. The molecule has 3 rings (SSSR count).